The summed E-state index contributed by atoms with van der Waals surface area (Å²) in [5.74, 6) is -0.156. The number of hydrogen-bond acceptors (Lipinski definition) is 5. The minimum Gasteiger partial charge on any atom is -0.342 e. The molecule has 0 radical (unpaired) electrons. The Labute approximate surface area is 276 Å². The van der Waals surface area contributed by atoms with Crippen LogP contribution in [0.3, 0.4) is 0 Å². The Morgan fingerprint density at radius 2 is 1.59 bits per heavy atom. The van der Waals surface area contributed by atoms with E-state index in [1.54, 1.807) is 18.9 Å². The summed E-state index contributed by atoms with van der Waals surface area (Å²) in [6.45, 7) is 14.8. The van der Waals surface area contributed by atoms with Crippen molar-refractivity contribution in [2.75, 3.05) is 45.6 Å². The van der Waals surface area contributed by atoms with E-state index in [0.29, 0.717) is 18.5 Å². The SMILES string of the molecule is C/C(=C\CN(C)C(=O)C(NC(=O)C1CCCCN1C)C(C)(C)C)C(=O)N1CCCC1.CCC.O=CNc1ccc2ccccc2c1. The van der Waals surface area contributed by atoms with Crippen LogP contribution in [0.15, 0.2) is 54.1 Å². The molecule has 254 valence electrons. The van der Waals surface area contributed by atoms with Gasteiger partial charge in [-0.15, -0.1) is 0 Å². The lowest BCUT2D eigenvalue weighted by Crippen LogP contribution is -2.58. The summed E-state index contributed by atoms with van der Waals surface area (Å²) < 4.78 is 0. The third-order valence-electron chi connectivity index (χ3n) is 8.23. The zero-order valence-corrected chi connectivity index (χ0v) is 29.4. The Balaban J connectivity index is 0.000000377. The second kappa shape index (κ2) is 19.1. The highest BCUT2D eigenvalue weighted by Gasteiger charge is 2.37. The monoisotopic (exact) mass is 635 g/mol. The number of piperidine rings is 1. The largest absolute Gasteiger partial charge is 0.342 e. The Hall–Kier alpha value is -3.72. The number of nitrogens with one attached hydrogen (secondary N) is 2. The number of likely N-dealkylation sites (tertiary alicyclic amines) is 2. The molecule has 2 fully saturated rings. The molecule has 2 aliphatic heterocycles. The molecular formula is C37H57N5O4. The summed E-state index contributed by atoms with van der Waals surface area (Å²) >= 11 is 0. The minimum atomic E-state index is -0.617. The van der Waals surface area contributed by atoms with Crippen LogP contribution >= 0.6 is 0 Å². The van der Waals surface area contributed by atoms with Crippen LogP contribution in [-0.2, 0) is 19.2 Å². The van der Waals surface area contributed by atoms with Crippen LogP contribution in [0, 0.1) is 5.41 Å². The molecule has 0 aliphatic carbocycles. The van der Waals surface area contributed by atoms with Crippen molar-refractivity contribution in [3.8, 4) is 0 Å². The van der Waals surface area contributed by atoms with E-state index in [9.17, 15) is 19.2 Å². The van der Waals surface area contributed by atoms with Gasteiger partial charge in [-0.2, -0.15) is 0 Å². The number of rotatable bonds is 8. The van der Waals surface area contributed by atoms with Crippen molar-refractivity contribution >= 4 is 40.6 Å². The Kier molecular flexibility index (Phi) is 15.9. The summed E-state index contributed by atoms with van der Waals surface area (Å²) in [6, 6.07) is 13.1. The molecular weight excluding hydrogens is 578 g/mol. The van der Waals surface area contributed by atoms with Gasteiger partial charge in [-0.1, -0.05) is 83.9 Å². The number of benzene rings is 2. The Morgan fingerprint density at radius 3 is 2.17 bits per heavy atom. The molecule has 0 saturated carbocycles. The first kappa shape index (κ1) is 38.5. The molecule has 46 heavy (non-hydrogen) atoms. The fourth-order valence-electron chi connectivity index (χ4n) is 5.48. The van der Waals surface area contributed by atoms with Crippen LogP contribution in [0.2, 0.25) is 0 Å². The first-order chi connectivity index (χ1) is 21.8. The summed E-state index contributed by atoms with van der Waals surface area (Å²) in [6.07, 6.45) is 8.82. The van der Waals surface area contributed by atoms with Crippen molar-refractivity contribution in [2.45, 2.75) is 92.2 Å². The average molecular weight is 636 g/mol. The van der Waals surface area contributed by atoms with Crippen LogP contribution in [0.25, 0.3) is 10.8 Å². The van der Waals surface area contributed by atoms with E-state index >= 15 is 0 Å². The molecule has 4 rings (SSSR count). The predicted octanol–water partition coefficient (Wildman–Crippen LogP) is 5.85. The highest BCUT2D eigenvalue weighted by Crippen LogP contribution is 2.23. The topological polar surface area (TPSA) is 102 Å². The highest BCUT2D eigenvalue weighted by molar-refractivity contribution is 5.93. The molecule has 9 nitrogen and oxygen atoms in total. The molecule has 2 heterocycles. The first-order valence-corrected chi connectivity index (χ1v) is 16.7. The van der Waals surface area contributed by atoms with Gasteiger partial charge in [-0.25, -0.2) is 0 Å². The molecule has 2 aromatic rings. The van der Waals surface area contributed by atoms with E-state index in [2.05, 4.69) is 29.4 Å². The second-order valence-electron chi connectivity index (χ2n) is 13.4. The summed E-state index contributed by atoms with van der Waals surface area (Å²) in [5.41, 5.74) is 1.07. The second-order valence-corrected chi connectivity index (χ2v) is 13.4. The van der Waals surface area contributed by atoms with Gasteiger partial charge in [0.1, 0.15) is 6.04 Å². The Morgan fingerprint density at radius 1 is 0.978 bits per heavy atom. The standard InChI is InChI=1S/C23H40N4O3.C11H9NO.C3H8/c1-17(21(29)27-14-9-10-15-27)12-16-26(6)22(30)19(23(2,3)4)24-20(28)18-11-7-8-13-25(18)5;13-8-12-11-6-5-9-3-1-2-4-10(9)7-11;1-3-2/h12,18-19H,7-11,13-16H2,1-6H3,(H,24,28);1-8H,(H,12,13);3H2,1-2H3/b17-12+;;. The predicted molar refractivity (Wildman–Crippen MR) is 188 cm³/mol. The number of hydrogen-bond donors (Lipinski definition) is 2. The van der Waals surface area contributed by atoms with E-state index in [4.69, 9.17) is 0 Å². The smallest absolute Gasteiger partial charge is 0.249 e. The van der Waals surface area contributed by atoms with Crippen LogP contribution in [-0.4, -0.2) is 91.2 Å². The number of nitrogens with zero attached hydrogens (tertiary/aromatic N) is 3. The van der Waals surface area contributed by atoms with Crippen molar-refractivity contribution in [3.05, 3.63) is 54.1 Å². The zero-order valence-electron chi connectivity index (χ0n) is 29.4. The molecule has 4 amide bonds. The molecule has 2 atom stereocenters. The number of amides is 4. The van der Waals surface area contributed by atoms with Gasteiger partial charge < -0.3 is 20.4 Å². The van der Waals surface area contributed by atoms with E-state index in [1.165, 1.54) is 11.8 Å². The maximum atomic E-state index is 13.2. The molecule has 2 unspecified atom stereocenters. The molecule has 9 heteroatoms. The lowest BCUT2D eigenvalue weighted by Gasteiger charge is -2.37. The zero-order chi connectivity index (χ0) is 34.3. The van der Waals surface area contributed by atoms with E-state index < -0.39 is 11.5 Å². The fourth-order valence-corrected chi connectivity index (χ4v) is 5.48. The third kappa shape index (κ3) is 11.9. The van der Waals surface area contributed by atoms with Gasteiger partial charge in [0.25, 0.3) is 0 Å². The van der Waals surface area contributed by atoms with Crippen molar-refractivity contribution in [3.63, 3.8) is 0 Å². The summed E-state index contributed by atoms with van der Waals surface area (Å²) in [5, 5.41) is 7.96. The van der Waals surface area contributed by atoms with Crippen LogP contribution in [0.4, 0.5) is 5.69 Å². The number of likely N-dealkylation sites (N-methyl/N-ethyl adjacent to an activating group) is 2. The molecule has 2 N–H and O–H groups in total. The van der Waals surface area contributed by atoms with Crippen molar-refractivity contribution in [1.82, 2.24) is 20.0 Å². The van der Waals surface area contributed by atoms with Gasteiger partial charge in [0.05, 0.1) is 6.04 Å². The minimum absolute atomic E-state index is 0.0503. The lowest BCUT2D eigenvalue weighted by molar-refractivity contribution is -0.139. The maximum absolute atomic E-state index is 13.2. The van der Waals surface area contributed by atoms with E-state index in [-0.39, 0.29) is 23.8 Å². The van der Waals surface area contributed by atoms with Crippen LogP contribution in [0.1, 0.15) is 80.1 Å². The fraction of sp³-hybridized carbons (Fsp3) is 0.568. The molecule has 0 spiro atoms. The first-order valence-electron chi connectivity index (χ1n) is 16.7. The average Bonchev–Trinajstić information content (AvgIpc) is 3.57. The quantitative estimate of drug-likeness (QED) is 0.280. The van der Waals surface area contributed by atoms with Gasteiger partial charge in [0, 0.05) is 37.9 Å². The van der Waals surface area contributed by atoms with Gasteiger partial charge in [-0.05, 0) is 74.5 Å². The normalized spacial score (nSPS) is 17.5. The summed E-state index contributed by atoms with van der Waals surface area (Å²) in [4.78, 5) is 54.3. The van der Waals surface area contributed by atoms with E-state index in [0.717, 1.165) is 62.8 Å². The summed E-state index contributed by atoms with van der Waals surface area (Å²) in [7, 11) is 3.69. The van der Waals surface area contributed by atoms with Crippen molar-refractivity contribution in [2.24, 2.45) is 5.41 Å². The lowest BCUT2D eigenvalue weighted by atomic mass is 9.85. The molecule has 0 bridgehead atoms. The maximum Gasteiger partial charge on any atom is 0.249 e. The molecule has 0 aromatic heterocycles. The van der Waals surface area contributed by atoms with Crippen LogP contribution < -0.4 is 10.6 Å². The van der Waals surface area contributed by atoms with E-state index in [1.807, 2.05) is 81.3 Å². The van der Waals surface area contributed by atoms with Crippen molar-refractivity contribution < 1.29 is 19.2 Å². The number of carbonyl (C=O) groups excluding carboxylic acids is 4. The van der Waals surface area contributed by atoms with Gasteiger partial charge >= 0.3 is 0 Å². The van der Waals surface area contributed by atoms with Gasteiger partial charge in [0.15, 0.2) is 0 Å². The van der Waals surface area contributed by atoms with Crippen molar-refractivity contribution in [1.29, 1.82) is 0 Å². The molecule has 2 aromatic carbocycles. The molecule has 2 aliphatic rings. The number of fused-ring (bicyclic) bond motifs is 1. The number of anilines is 1. The molecule has 2 saturated heterocycles. The third-order valence-corrected chi connectivity index (χ3v) is 8.23. The van der Waals surface area contributed by atoms with Crippen LogP contribution in [0.5, 0.6) is 0 Å². The Bertz CT molecular complexity index is 1310. The number of carbonyl (C=O) groups is 4. The van der Waals surface area contributed by atoms with Gasteiger partial charge in [0.2, 0.25) is 24.1 Å². The van der Waals surface area contributed by atoms with Gasteiger partial charge in [-0.3, -0.25) is 24.1 Å². The highest BCUT2D eigenvalue weighted by atomic mass is 16.2.